The molecule has 0 unspecified atom stereocenters. The second-order valence-corrected chi connectivity index (χ2v) is 0.610. The molecule has 0 saturated heterocycles. The fourth-order valence-electron chi connectivity index (χ4n) is 0. The summed E-state index contributed by atoms with van der Waals surface area (Å²) < 4.78 is 0. The van der Waals surface area contributed by atoms with E-state index in [9.17, 15) is 0 Å². The van der Waals surface area contributed by atoms with Gasteiger partial charge in [0.25, 0.3) is 0 Å². The normalized spacial score (nSPS) is 3.38. The van der Waals surface area contributed by atoms with Crippen molar-refractivity contribution in [1.82, 2.24) is 0 Å². The summed E-state index contributed by atoms with van der Waals surface area (Å²) in [5.41, 5.74) is 0. The number of carboxylic acid groups (broad SMARTS) is 2. The molecule has 0 radical (unpaired) electrons. The second kappa shape index (κ2) is 39.8. The summed E-state index contributed by atoms with van der Waals surface area (Å²) in [6.45, 7) is 0. The molecule has 0 aliphatic carbocycles. The van der Waals surface area contributed by atoms with E-state index in [1.165, 1.54) is 0 Å². The van der Waals surface area contributed by atoms with Crippen LogP contribution in [0.3, 0.4) is 0 Å². The van der Waals surface area contributed by atoms with Crippen molar-refractivity contribution in [2.75, 3.05) is 0 Å². The number of aliphatic carboxylic acids is 2. The molecule has 0 fully saturated rings. The summed E-state index contributed by atoms with van der Waals surface area (Å²) >= 11 is 0. The van der Waals surface area contributed by atoms with Gasteiger partial charge < -0.3 is 37.6 Å². The van der Waals surface area contributed by atoms with E-state index in [1.54, 1.807) is 0 Å². The summed E-state index contributed by atoms with van der Waals surface area (Å²) in [4.78, 5) is 18.2. The zero-order valence-corrected chi connectivity index (χ0v) is 10.0. The van der Waals surface area contributed by atoms with Crippen molar-refractivity contribution in [2.45, 2.75) is 0 Å². The van der Waals surface area contributed by atoms with Crippen LogP contribution in [0.5, 0.6) is 0 Å². The first-order chi connectivity index (χ1) is 2.64. The van der Waals surface area contributed by atoms with Gasteiger partial charge in [0.15, 0.2) is 0 Å². The van der Waals surface area contributed by atoms with E-state index in [0.717, 1.165) is 0 Å². The molecular formula is C2H2Nb2O9. The average molecular weight is 356 g/mol. The molecule has 11 heteroatoms. The molecule has 0 aliphatic rings. The zero-order valence-electron chi connectivity index (χ0n) is 5.65. The van der Waals surface area contributed by atoms with E-state index in [4.69, 9.17) is 19.8 Å². The molecule has 2 N–H and O–H groups in total. The van der Waals surface area contributed by atoms with Crippen LogP contribution in [0.2, 0.25) is 0 Å². The van der Waals surface area contributed by atoms with Gasteiger partial charge in [-0.25, -0.2) is 9.59 Å². The summed E-state index contributed by atoms with van der Waals surface area (Å²) in [5, 5.41) is 14.8. The molecule has 0 atom stereocenters. The predicted octanol–water partition coefficient (Wildman–Crippen LogP) is -1.44. The van der Waals surface area contributed by atoms with Crippen LogP contribution < -0.4 is 0 Å². The third-order valence-corrected chi connectivity index (χ3v) is 0.183. The minimum absolute atomic E-state index is 0. The Morgan fingerprint density at radius 2 is 0.692 bits per heavy atom. The molecule has 0 bridgehead atoms. The van der Waals surface area contributed by atoms with Crippen LogP contribution in [-0.4, -0.2) is 22.2 Å². The van der Waals surface area contributed by atoms with Crippen LogP contribution in [0, 0.1) is 0 Å². The fraction of sp³-hybridized carbons (Fsp3) is 0. The van der Waals surface area contributed by atoms with Gasteiger partial charge in [0.2, 0.25) is 0 Å². The van der Waals surface area contributed by atoms with Crippen LogP contribution in [0.4, 0.5) is 0 Å². The standard InChI is InChI=1S/C2H2O4.2Nb.5O/c3-1(4)2(5)6;;;;;;;/h(H,3,4)(H,5,6);;;;;;;/q;2*+5;5*-2. The quantitative estimate of drug-likeness (QED) is 0.393. The number of hydrogen-bond donors (Lipinski definition) is 2. The first-order valence-corrected chi connectivity index (χ1v) is 1.11. The van der Waals surface area contributed by atoms with Crippen LogP contribution in [0.15, 0.2) is 0 Å². The molecule has 0 aromatic carbocycles. The van der Waals surface area contributed by atoms with Crippen molar-refractivity contribution < 1.29 is 91.9 Å². The third-order valence-electron chi connectivity index (χ3n) is 0.183. The Morgan fingerprint density at radius 1 is 0.615 bits per heavy atom. The van der Waals surface area contributed by atoms with Gasteiger partial charge >= 0.3 is 56.7 Å². The molecular weight excluding hydrogens is 354 g/mol. The van der Waals surface area contributed by atoms with Crippen molar-refractivity contribution >= 4 is 11.9 Å². The maximum Gasteiger partial charge on any atom is 5.00 e. The number of rotatable bonds is 0. The monoisotopic (exact) mass is 356 g/mol. The third kappa shape index (κ3) is 71.7. The Labute approximate surface area is 104 Å². The van der Waals surface area contributed by atoms with Gasteiger partial charge in [0.1, 0.15) is 0 Å². The van der Waals surface area contributed by atoms with Gasteiger partial charge in [0.05, 0.1) is 0 Å². The van der Waals surface area contributed by atoms with Crippen molar-refractivity contribution in [3.8, 4) is 0 Å². The van der Waals surface area contributed by atoms with Crippen molar-refractivity contribution in [2.24, 2.45) is 0 Å². The molecule has 0 aromatic heterocycles. The first-order valence-electron chi connectivity index (χ1n) is 1.11. The summed E-state index contributed by atoms with van der Waals surface area (Å²) in [7, 11) is 0. The van der Waals surface area contributed by atoms with Gasteiger partial charge in [-0.3, -0.25) is 0 Å². The summed E-state index contributed by atoms with van der Waals surface area (Å²) in [6.07, 6.45) is 0. The molecule has 0 aromatic rings. The van der Waals surface area contributed by atoms with Crippen LogP contribution in [0.25, 0.3) is 0 Å². The summed E-state index contributed by atoms with van der Waals surface area (Å²) in [5.74, 6) is -3.65. The predicted molar refractivity (Wildman–Crippen MR) is 18.7 cm³/mol. The van der Waals surface area contributed by atoms with Crippen molar-refractivity contribution in [3.05, 3.63) is 0 Å². The Hall–Kier alpha value is 0.221. The zero-order chi connectivity index (χ0) is 5.15. The van der Waals surface area contributed by atoms with Gasteiger partial charge in [-0.15, -0.1) is 0 Å². The van der Waals surface area contributed by atoms with Crippen LogP contribution in [0.1, 0.15) is 0 Å². The maximum atomic E-state index is 9.10. The molecule has 0 saturated carbocycles. The minimum atomic E-state index is -1.82. The van der Waals surface area contributed by atoms with Gasteiger partial charge in [-0.05, 0) is 0 Å². The van der Waals surface area contributed by atoms with E-state index in [2.05, 4.69) is 0 Å². The molecule has 0 aliphatic heterocycles. The van der Waals surface area contributed by atoms with E-state index >= 15 is 0 Å². The van der Waals surface area contributed by atoms with Crippen molar-refractivity contribution in [3.63, 3.8) is 0 Å². The topological polar surface area (TPSA) is 217 Å². The van der Waals surface area contributed by atoms with Gasteiger partial charge in [0, 0.05) is 0 Å². The maximum absolute atomic E-state index is 9.10. The first kappa shape index (κ1) is 72.4. The Kier molecular flexibility index (Phi) is 222. The molecule has 0 spiro atoms. The Balaban J connectivity index is -0.00000000595. The van der Waals surface area contributed by atoms with E-state index in [0.29, 0.717) is 0 Å². The Morgan fingerprint density at radius 3 is 0.692 bits per heavy atom. The number of hydrogen-bond acceptors (Lipinski definition) is 2. The van der Waals surface area contributed by atoms with E-state index < -0.39 is 11.9 Å². The smallest absolute Gasteiger partial charge is 2.00 e. The van der Waals surface area contributed by atoms with Crippen LogP contribution in [-0.2, 0) is 81.7 Å². The van der Waals surface area contributed by atoms with Crippen molar-refractivity contribution in [1.29, 1.82) is 0 Å². The largest absolute Gasteiger partial charge is 5.00 e. The number of carboxylic acids is 2. The summed E-state index contributed by atoms with van der Waals surface area (Å²) in [6, 6.07) is 0. The molecule has 74 valence electrons. The van der Waals surface area contributed by atoms with Crippen LogP contribution >= 0.6 is 0 Å². The second-order valence-electron chi connectivity index (χ2n) is 0.610. The minimum Gasteiger partial charge on any atom is -2.00 e. The van der Waals surface area contributed by atoms with E-state index in [-0.39, 0.29) is 72.1 Å². The molecule has 0 rings (SSSR count). The molecule has 0 heterocycles. The van der Waals surface area contributed by atoms with Gasteiger partial charge in [-0.2, -0.15) is 0 Å². The molecule has 9 nitrogen and oxygen atoms in total. The average Bonchev–Trinajstić information content (AvgIpc) is 1.36. The van der Waals surface area contributed by atoms with E-state index in [1.807, 2.05) is 0 Å². The molecule has 13 heavy (non-hydrogen) atoms. The number of carbonyl (C=O) groups is 2. The SMILES string of the molecule is O=C(O)C(=O)O.[Nb+5].[Nb+5].[O-2].[O-2].[O-2].[O-2].[O-2]. The molecule has 0 amide bonds. The van der Waals surface area contributed by atoms with Gasteiger partial charge in [-0.1, -0.05) is 0 Å². The Bertz CT molecular complexity index is 81.6. The fourth-order valence-corrected chi connectivity index (χ4v) is 0.